The Balaban J connectivity index is 2.75. The first-order chi connectivity index (χ1) is 5.00. The number of hydrogen-bond acceptors (Lipinski definition) is 3. The van der Waals surface area contributed by atoms with Crippen LogP contribution in [0.25, 0.3) is 0 Å². The van der Waals surface area contributed by atoms with Crippen LogP contribution in [0.4, 0.5) is 0 Å². The van der Waals surface area contributed by atoms with Gasteiger partial charge in [0.1, 0.15) is 0 Å². The van der Waals surface area contributed by atoms with Gasteiger partial charge in [-0.3, -0.25) is 0 Å². The van der Waals surface area contributed by atoms with Gasteiger partial charge in [-0.1, -0.05) is 20.8 Å². The van der Waals surface area contributed by atoms with Crippen molar-refractivity contribution in [2.75, 3.05) is 0 Å². The molecule has 0 amide bonds. The van der Waals surface area contributed by atoms with Gasteiger partial charge in [0.15, 0.2) is 0 Å². The molecular formula is C8H14N2O. The first kappa shape index (κ1) is 8.27. The highest BCUT2D eigenvalue weighted by molar-refractivity contribution is 5.73. The zero-order valence-corrected chi connectivity index (χ0v) is 7.13. The van der Waals surface area contributed by atoms with Crippen molar-refractivity contribution in [3.63, 3.8) is 0 Å². The van der Waals surface area contributed by atoms with Gasteiger partial charge < -0.3 is 10.4 Å². The number of nitrogens with zero attached hydrogens (tertiary/aromatic N) is 1. The minimum absolute atomic E-state index is 0.0490. The van der Waals surface area contributed by atoms with Crippen molar-refractivity contribution in [3.05, 3.63) is 11.8 Å². The summed E-state index contributed by atoms with van der Waals surface area (Å²) in [5.74, 6) is 0. The Kier molecular flexibility index (Phi) is 2.00. The van der Waals surface area contributed by atoms with E-state index in [0.717, 1.165) is 5.70 Å². The zero-order chi connectivity index (χ0) is 8.48. The van der Waals surface area contributed by atoms with Gasteiger partial charge in [0.2, 0.25) is 6.35 Å². The molecule has 0 fully saturated rings. The third-order valence-electron chi connectivity index (χ3n) is 1.56. The predicted molar refractivity (Wildman–Crippen MR) is 45.2 cm³/mol. The van der Waals surface area contributed by atoms with Gasteiger partial charge in [-0.2, -0.15) is 0 Å². The Bertz CT molecular complexity index is 201. The molecule has 0 aliphatic carbocycles. The third-order valence-corrected chi connectivity index (χ3v) is 1.56. The van der Waals surface area contributed by atoms with Crippen LogP contribution < -0.4 is 5.32 Å². The normalized spacial score (nSPS) is 24.4. The quantitative estimate of drug-likeness (QED) is 0.543. The molecule has 1 unspecified atom stereocenters. The van der Waals surface area contributed by atoms with E-state index in [0.29, 0.717) is 0 Å². The smallest absolute Gasteiger partial charge is 0.222 e. The van der Waals surface area contributed by atoms with Crippen LogP contribution >= 0.6 is 0 Å². The molecule has 62 valence electrons. The molecule has 0 saturated carbocycles. The summed E-state index contributed by atoms with van der Waals surface area (Å²) >= 11 is 0. The lowest BCUT2D eigenvalue weighted by atomic mass is 9.91. The van der Waals surface area contributed by atoms with Crippen LogP contribution in [0.15, 0.2) is 16.8 Å². The second-order valence-electron chi connectivity index (χ2n) is 3.65. The number of aliphatic hydroxyl groups is 1. The molecule has 3 heteroatoms. The molecule has 0 aromatic carbocycles. The van der Waals surface area contributed by atoms with Crippen LogP contribution in [-0.2, 0) is 0 Å². The van der Waals surface area contributed by atoms with E-state index < -0.39 is 6.35 Å². The monoisotopic (exact) mass is 154 g/mol. The van der Waals surface area contributed by atoms with Gasteiger partial charge >= 0.3 is 0 Å². The lowest BCUT2D eigenvalue weighted by molar-refractivity contribution is 0.148. The molecule has 1 atom stereocenters. The van der Waals surface area contributed by atoms with E-state index in [1.807, 2.05) is 6.08 Å². The van der Waals surface area contributed by atoms with E-state index in [1.165, 1.54) is 0 Å². The van der Waals surface area contributed by atoms with Gasteiger partial charge in [0, 0.05) is 17.3 Å². The highest BCUT2D eigenvalue weighted by Gasteiger charge is 2.19. The molecule has 0 radical (unpaired) electrons. The standard InChI is InChI=1S/C8H14N2O/c1-8(2,3)6-4-5-9-7(11)10-6/h4-5,7,10-11H,1-3H3. The molecular weight excluding hydrogens is 140 g/mol. The Labute approximate surface area is 66.8 Å². The summed E-state index contributed by atoms with van der Waals surface area (Å²) < 4.78 is 0. The molecule has 0 aromatic heterocycles. The summed E-state index contributed by atoms with van der Waals surface area (Å²) in [4.78, 5) is 3.74. The van der Waals surface area contributed by atoms with Crippen LogP contribution in [0.1, 0.15) is 20.8 Å². The minimum Gasteiger partial charge on any atom is -0.355 e. The molecule has 11 heavy (non-hydrogen) atoms. The molecule has 0 spiro atoms. The second kappa shape index (κ2) is 2.66. The number of aliphatic hydroxyl groups excluding tert-OH is 1. The molecule has 2 N–H and O–H groups in total. The van der Waals surface area contributed by atoms with Gasteiger partial charge in [0.05, 0.1) is 0 Å². The maximum absolute atomic E-state index is 9.09. The average Bonchev–Trinajstić information content (AvgIpc) is 1.86. The lowest BCUT2D eigenvalue weighted by Crippen LogP contribution is -2.34. The van der Waals surface area contributed by atoms with Crippen molar-refractivity contribution >= 4 is 6.21 Å². The fourth-order valence-electron chi connectivity index (χ4n) is 0.890. The Hall–Kier alpha value is -0.830. The summed E-state index contributed by atoms with van der Waals surface area (Å²) in [6, 6.07) is 0. The lowest BCUT2D eigenvalue weighted by Gasteiger charge is -2.27. The van der Waals surface area contributed by atoms with Crippen molar-refractivity contribution in [1.29, 1.82) is 0 Å². The van der Waals surface area contributed by atoms with Crippen LogP contribution in [-0.4, -0.2) is 17.7 Å². The molecule has 0 aromatic rings. The molecule has 1 rings (SSSR count). The first-order valence-corrected chi connectivity index (χ1v) is 3.69. The maximum atomic E-state index is 9.09. The third kappa shape index (κ3) is 2.05. The number of aliphatic imine (C=N–C) groups is 1. The van der Waals surface area contributed by atoms with E-state index in [2.05, 4.69) is 31.1 Å². The Morgan fingerprint density at radius 3 is 2.55 bits per heavy atom. The number of rotatable bonds is 0. The first-order valence-electron chi connectivity index (χ1n) is 3.69. The fraction of sp³-hybridized carbons (Fsp3) is 0.625. The van der Waals surface area contributed by atoms with Crippen LogP contribution in [0, 0.1) is 5.41 Å². The van der Waals surface area contributed by atoms with E-state index in [-0.39, 0.29) is 5.41 Å². The largest absolute Gasteiger partial charge is 0.355 e. The van der Waals surface area contributed by atoms with Crippen LogP contribution in [0.3, 0.4) is 0 Å². The average molecular weight is 154 g/mol. The number of allylic oxidation sites excluding steroid dienone is 2. The highest BCUT2D eigenvalue weighted by Crippen LogP contribution is 2.23. The van der Waals surface area contributed by atoms with Crippen molar-refractivity contribution < 1.29 is 5.11 Å². The Morgan fingerprint density at radius 1 is 1.55 bits per heavy atom. The highest BCUT2D eigenvalue weighted by atomic mass is 16.3. The zero-order valence-electron chi connectivity index (χ0n) is 7.13. The summed E-state index contributed by atoms with van der Waals surface area (Å²) in [6.45, 7) is 6.24. The van der Waals surface area contributed by atoms with E-state index in [9.17, 15) is 0 Å². The van der Waals surface area contributed by atoms with Crippen LogP contribution in [0.5, 0.6) is 0 Å². The van der Waals surface area contributed by atoms with Crippen molar-refractivity contribution in [2.45, 2.75) is 27.1 Å². The SMILES string of the molecule is CC(C)(C)C1=CC=NC(O)N1. The molecule has 3 nitrogen and oxygen atoms in total. The fourth-order valence-corrected chi connectivity index (χ4v) is 0.890. The second-order valence-corrected chi connectivity index (χ2v) is 3.65. The van der Waals surface area contributed by atoms with E-state index >= 15 is 0 Å². The molecule has 1 heterocycles. The topological polar surface area (TPSA) is 44.6 Å². The molecule has 0 saturated heterocycles. The van der Waals surface area contributed by atoms with E-state index in [4.69, 9.17) is 5.11 Å². The van der Waals surface area contributed by atoms with Crippen molar-refractivity contribution in [2.24, 2.45) is 10.4 Å². The number of hydrogen-bond donors (Lipinski definition) is 2. The maximum Gasteiger partial charge on any atom is 0.222 e. The van der Waals surface area contributed by atoms with Crippen molar-refractivity contribution in [3.8, 4) is 0 Å². The summed E-state index contributed by atoms with van der Waals surface area (Å²) in [6.07, 6.45) is 2.74. The summed E-state index contributed by atoms with van der Waals surface area (Å²) in [5.41, 5.74) is 1.06. The molecule has 1 aliphatic rings. The van der Waals surface area contributed by atoms with Gasteiger partial charge in [-0.25, -0.2) is 4.99 Å². The predicted octanol–water partition coefficient (Wildman–Crippen LogP) is 0.866. The van der Waals surface area contributed by atoms with Gasteiger partial charge in [-0.15, -0.1) is 0 Å². The van der Waals surface area contributed by atoms with Gasteiger partial charge in [-0.05, 0) is 6.08 Å². The van der Waals surface area contributed by atoms with Gasteiger partial charge in [0.25, 0.3) is 0 Å². The van der Waals surface area contributed by atoms with E-state index in [1.54, 1.807) is 6.21 Å². The summed E-state index contributed by atoms with van der Waals surface area (Å²) in [7, 11) is 0. The summed E-state index contributed by atoms with van der Waals surface area (Å²) in [5, 5.41) is 12.0. The molecule has 0 bridgehead atoms. The van der Waals surface area contributed by atoms with Crippen molar-refractivity contribution in [1.82, 2.24) is 5.32 Å². The van der Waals surface area contributed by atoms with Crippen LogP contribution in [0.2, 0.25) is 0 Å². The number of nitrogens with one attached hydrogen (secondary N) is 1. The molecule has 1 aliphatic heterocycles. The Morgan fingerprint density at radius 2 is 2.18 bits per heavy atom. The minimum atomic E-state index is -0.769.